The van der Waals surface area contributed by atoms with Gasteiger partial charge in [0.2, 0.25) is 10.0 Å². The molecule has 1 amide bonds. The molecular formula is C23H29ClN2O5S. The summed E-state index contributed by atoms with van der Waals surface area (Å²) in [5.41, 5.74) is 0.982. The van der Waals surface area contributed by atoms with Crippen LogP contribution in [-0.2, 0) is 20.2 Å². The topological polar surface area (TPSA) is 93.7 Å². The number of hydrogen-bond donors (Lipinski definition) is 2. The van der Waals surface area contributed by atoms with Crippen molar-refractivity contribution in [3.05, 3.63) is 58.6 Å². The van der Waals surface area contributed by atoms with Crippen LogP contribution in [0.2, 0.25) is 5.02 Å². The highest BCUT2D eigenvalue weighted by Crippen LogP contribution is 2.35. The molecule has 0 radical (unpaired) electrons. The van der Waals surface area contributed by atoms with Gasteiger partial charge in [0.1, 0.15) is 10.6 Å². The summed E-state index contributed by atoms with van der Waals surface area (Å²) >= 11 is 6.22. The van der Waals surface area contributed by atoms with Crippen molar-refractivity contribution in [2.45, 2.75) is 43.0 Å². The number of rotatable bonds is 8. The highest BCUT2D eigenvalue weighted by Gasteiger charge is 2.35. The van der Waals surface area contributed by atoms with Gasteiger partial charge in [-0.15, -0.1) is 0 Å². The van der Waals surface area contributed by atoms with Crippen LogP contribution in [0.15, 0.2) is 47.4 Å². The number of hydrogen-bond acceptors (Lipinski definition) is 5. The molecule has 0 unspecified atom stereocenters. The average Bonchev–Trinajstić information content (AvgIpc) is 2.77. The van der Waals surface area contributed by atoms with Gasteiger partial charge >= 0.3 is 0 Å². The van der Waals surface area contributed by atoms with Crippen molar-refractivity contribution >= 4 is 27.5 Å². The zero-order chi connectivity index (χ0) is 23.4. The smallest absolute Gasteiger partial charge is 0.251 e. The number of benzene rings is 2. The van der Waals surface area contributed by atoms with E-state index in [2.05, 4.69) is 10.0 Å². The molecular weight excluding hydrogens is 452 g/mol. The van der Waals surface area contributed by atoms with Gasteiger partial charge in [-0.2, -0.15) is 0 Å². The maximum atomic E-state index is 13.0. The van der Waals surface area contributed by atoms with Gasteiger partial charge in [0.25, 0.3) is 5.91 Å². The first-order valence-electron chi connectivity index (χ1n) is 10.5. The van der Waals surface area contributed by atoms with Crippen LogP contribution >= 0.6 is 11.6 Å². The molecule has 2 N–H and O–H groups in total. The Kier molecular flexibility index (Phi) is 7.82. The third kappa shape index (κ3) is 5.61. The molecule has 32 heavy (non-hydrogen) atoms. The number of ether oxygens (including phenoxy) is 2. The number of sulfonamides is 1. The summed E-state index contributed by atoms with van der Waals surface area (Å²) in [6.07, 6.45) is 1.49. The van der Waals surface area contributed by atoms with Crippen LogP contribution in [0.4, 0.5) is 0 Å². The predicted molar refractivity (Wildman–Crippen MR) is 124 cm³/mol. The molecule has 2 aromatic carbocycles. The average molecular weight is 481 g/mol. The highest BCUT2D eigenvalue weighted by atomic mass is 35.5. The minimum atomic E-state index is -3.84. The Morgan fingerprint density at radius 2 is 1.91 bits per heavy atom. The van der Waals surface area contributed by atoms with E-state index in [-0.39, 0.29) is 33.6 Å². The first-order valence-corrected chi connectivity index (χ1v) is 12.4. The Morgan fingerprint density at radius 3 is 2.53 bits per heavy atom. The lowest BCUT2D eigenvalue weighted by molar-refractivity contribution is 0.0487. The lowest BCUT2D eigenvalue weighted by Crippen LogP contribution is -2.44. The lowest BCUT2D eigenvalue weighted by atomic mass is 9.74. The van der Waals surface area contributed by atoms with Crippen LogP contribution in [-0.4, -0.2) is 47.2 Å². The van der Waals surface area contributed by atoms with Crippen molar-refractivity contribution in [1.29, 1.82) is 0 Å². The molecule has 1 aliphatic heterocycles. The van der Waals surface area contributed by atoms with E-state index in [1.807, 2.05) is 24.3 Å². The normalized spacial score (nSPS) is 16.0. The van der Waals surface area contributed by atoms with E-state index >= 15 is 0 Å². The fourth-order valence-electron chi connectivity index (χ4n) is 3.90. The third-order valence-corrected chi connectivity index (χ3v) is 7.50. The lowest BCUT2D eigenvalue weighted by Gasteiger charge is -2.38. The number of methoxy groups -OCH3 is 1. The quantitative estimate of drug-likeness (QED) is 0.603. The van der Waals surface area contributed by atoms with Gasteiger partial charge in [0.15, 0.2) is 0 Å². The van der Waals surface area contributed by atoms with Crippen molar-refractivity contribution in [2.24, 2.45) is 0 Å². The first-order chi connectivity index (χ1) is 15.2. The zero-order valence-corrected chi connectivity index (χ0v) is 20.1. The number of carbonyl (C=O) groups excluding carboxylic acids is 1. The Bertz CT molecular complexity index is 1070. The molecule has 9 heteroatoms. The van der Waals surface area contributed by atoms with Gasteiger partial charge in [-0.1, -0.05) is 23.7 Å². The molecule has 1 aliphatic rings. The van der Waals surface area contributed by atoms with Crippen LogP contribution in [0, 0.1) is 0 Å². The van der Waals surface area contributed by atoms with Crippen LogP contribution in [0.5, 0.6) is 5.75 Å². The zero-order valence-electron chi connectivity index (χ0n) is 18.5. The molecule has 174 valence electrons. The number of nitrogens with one attached hydrogen (secondary N) is 2. The van der Waals surface area contributed by atoms with Crippen LogP contribution < -0.4 is 14.8 Å². The molecule has 1 saturated heterocycles. The number of halogens is 1. The number of carbonyl (C=O) groups is 1. The highest BCUT2D eigenvalue weighted by molar-refractivity contribution is 7.89. The van der Waals surface area contributed by atoms with Gasteiger partial charge in [0.05, 0.1) is 7.11 Å². The van der Waals surface area contributed by atoms with Crippen molar-refractivity contribution in [3.63, 3.8) is 0 Å². The molecule has 1 fully saturated rings. The Hall–Kier alpha value is -2.13. The van der Waals surface area contributed by atoms with Crippen molar-refractivity contribution in [2.75, 3.05) is 26.9 Å². The fourth-order valence-corrected chi connectivity index (χ4v) is 5.54. The van der Waals surface area contributed by atoms with E-state index in [1.54, 1.807) is 19.9 Å². The summed E-state index contributed by atoms with van der Waals surface area (Å²) in [6.45, 7) is 5.02. The van der Waals surface area contributed by atoms with Crippen LogP contribution in [0.25, 0.3) is 0 Å². The number of amides is 1. The molecule has 0 aromatic heterocycles. The molecule has 0 atom stereocenters. The summed E-state index contributed by atoms with van der Waals surface area (Å²) in [6, 6.07) is 11.8. The third-order valence-electron chi connectivity index (χ3n) is 5.58. The molecule has 1 heterocycles. The maximum Gasteiger partial charge on any atom is 0.251 e. The summed E-state index contributed by atoms with van der Waals surface area (Å²) in [7, 11) is -2.45. The van der Waals surface area contributed by atoms with Gasteiger partial charge in [-0.3, -0.25) is 4.79 Å². The minimum absolute atomic E-state index is 0.0722. The van der Waals surface area contributed by atoms with E-state index in [4.69, 9.17) is 21.1 Å². The molecule has 0 bridgehead atoms. The summed E-state index contributed by atoms with van der Waals surface area (Å²) in [4.78, 5) is 12.9. The summed E-state index contributed by atoms with van der Waals surface area (Å²) < 4.78 is 38.7. The molecule has 0 saturated carbocycles. The van der Waals surface area contributed by atoms with Gasteiger partial charge < -0.3 is 14.8 Å². The molecule has 7 nitrogen and oxygen atoms in total. The SMILES string of the molecule is COc1ccc(C(=O)NCC2(c3cccc(Cl)c3)CCOCC2)cc1S(=O)(=O)NC(C)C. The van der Waals surface area contributed by atoms with Crippen LogP contribution in [0.3, 0.4) is 0 Å². The Labute approximate surface area is 194 Å². The van der Waals surface area contributed by atoms with E-state index in [1.165, 1.54) is 19.2 Å². The second kappa shape index (κ2) is 10.2. The molecule has 0 aliphatic carbocycles. The maximum absolute atomic E-state index is 13.0. The van der Waals surface area contributed by atoms with Gasteiger partial charge in [-0.05, 0) is 62.6 Å². The molecule has 3 rings (SSSR count). The van der Waals surface area contributed by atoms with E-state index in [0.717, 1.165) is 18.4 Å². The van der Waals surface area contributed by atoms with E-state index in [0.29, 0.717) is 24.8 Å². The van der Waals surface area contributed by atoms with Crippen molar-refractivity contribution in [1.82, 2.24) is 10.0 Å². The van der Waals surface area contributed by atoms with Crippen LogP contribution in [0.1, 0.15) is 42.6 Å². The fraction of sp³-hybridized carbons (Fsp3) is 0.435. The van der Waals surface area contributed by atoms with E-state index in [9.17, 15) is 13.2 Å². The van der Waals surface area contributed by atoms with Crippen molar-refractivity contribution < 1.29 is 22.7 Å². The van der Waals surface area contributed by atoms with E-state index < -0.39 is 10.0 Å². The second-order valence-corrected chi connectivity index (χ2v) is 10.3. The van der Waals surface area contributed by atoms with Gasteiger partial charge in [0, 0.05) is 41.8 Å². The standard InChI is InChI=1S/C23H29ClN2O5S/c1-16(2)26-32(28,29)21-13-17(7-8-20(21)30-3)22(27)25-15-23(9-11-31-12-10-23)18-5-4-6-19(24)14-18/h4-8,13-14,16,26H,9-12,15H2,1-3H3,(H,25,27). The molecule has 0 spiro atoms. The Balaban J connectivity index is 1.85. The Morgan fingerprint density at radius 1 is 1.19 bits per heavy atom. The summed E-state index contributed by atoms with van der Waals surface area (Å²) in [5.74, 6) is -0.184. The largest absolute Gasteiger partial charge is 0.495 e. The minimum Gasteiger partial charge on any atom is -0.495 e. The second-order valence-electron chi connectivity index (χ2n) is 8.23. The van der Waals surface area contributed by atoms with Gasteiger partial charge in [-0.25, -0.2) is 13.1 Å². The first kappa shape index (κ1) is 24.5. The predicted octanol–water partition coefficient (Wildman–Crippen LogP) is 3.51. The molecule has 2 aromatic rings. The summed E-state index contributed by atoms with van der Waals surface area (Å²) in [5, 5.41) is 3.63. The monoisotopic (exact) mass is 480 g/mol. The van der Waals surface area contributed by atoms with Crippen molar-refractivity contribution in [3.8, 4) is 5.75 Å².